The Morgan fingerprint density at radius 2 is 1.93 bits per heavy atom. The van der Waals surface area contributed by atoms with Gasteiger partial charge in [0, 0.05) is 13.0 Å². The van der Waals surface area contributed by atoms with Gasteiger partial charge < -0.3 is 19.7 Å². The van der Waals surface area contributed by atoms with Gasteiger partial charge in [-0.05, 0) is 42.8 Å². The number of esters is 1. The van der Waals surface area contributed by atoms with Crippen molar-refractivity contribution < 1.29 is 28.2 Å². The number of halogens is 1. The molecule has 0 bridgehead atoms. The van der Waals surface area contributed by atoms with Crippen molar-refractivity contribution in [3.8, 4) is 5.75 Å². The fourth-order valence-corrected chi connectivity index (χ4v) is 3.22. The topological polar surface area (TPSA) is 84.9 Å². The number of rotatable bonds is 5. The van der Waals surface area contributed by atoms with Crippen LogP contribution in [0, 0.1) is 18.7 Å². The molecule has 1 heterocycles. The van der Waals surface area contributed by atoms with Gasteiger partial charge in [-0.15, -0.1) is 0 Å². The third-order valence-electron chi connectivity index (χ3n) is 4.78. The molecule has 2 amide bonds. The number of carbonyl (C=O) groups is 3. The van der Waals surface area contributed by atoms with E-state index >= 15 is 0 Å². The second kappa shape index (κ2) is 8.30. The lowest BCUT2D eigenvalue weighted by molar-refractivity contribution is -0.122. The molecule has 1 saturated heterocycles. The number of nitrogens with zero attached hydrogens (tertiary/aromatic N) is 1. The molecule has 1 unspecified atom stereocenters. The Morgan fingerprint density at radius 1 is 1.17 bits per heavy atom. The molecule has 2 aromatic carbocycles. The summed E-state index contributed by atoms with van der Waals surface area (Å²) in [5.74, 6) is -2.18. The van der Waals surface area contributed by atoms with Crippen LogP contribution in [0.15, 0.2) is 36.4 Å². The molecule has 7 nitrogen and oxygen atoms in total. The summed E-state index contributed by atoms with van der Waals surface area (Å²) in [6.45, 7) is 1.80. The zero-order chi connectivity index (χ0) is 21.1. The van der Waals surface area contributed by atoms with Crippen molar-refractivity contribution in [2.24, 2.45) is 5.92 Å². The number of benzene rings is 2. The molecule has 3 rings (SSSR count). The van der Waals surface area contributed by atoms with Crippen LogP contribution >= 0.6 is 0 Å². The minimum atomic E-state index is -0.684. The molecule has 152 valence electrons. The summed E-state index contributed by atoms with van der Waals surface area (Å²) in [6, 6.07) is 9.15. The molecule has 0 saturated carbocycles. The van der Waals surface area contributed by atoms with Crippen molar-refractivity contribution in [2.45, 2.75) is 13.3 Å². The van der Waals surface area contributed by atoms with Crippen LogP contribution in [0.25, 0.3) is 0 Å². The molecule has 0 aromatic heterocycles. The summed E-state index contributed by atoms with van der Waals surface area (Å²) >= 11 is 0. The van der Waals surface area contributed by atoms with Gasteiger partial charge >= 0.3 is 5.97 Å². The van der Waals surface area contributed by atoms with Crippen LogP contribution in [-0.4, -0.2) is 38.5 Å². The molecule has 1 fully saturated rings. The first kappa shape index (κ1) is 20.3. The van der Waals surface area contributed by atoms with Gasteiger partial charge in [-0.2, -0.15) is 0 Å². The normalized spacial score (nSPS) is 15.9. The van der Waals surface area contributed by atoms with Gasteiger partial charge in [0.05, 0.1) is 37.1 Å². The Balaban J connectivity index is 1.78. The molecule has 8 heteroatoms. The van der Waals surface area contributed by atoms with Gasteiger partial charge in [-0.1, -0.05) is 6.07 Å². The molecule has 0 aliphatic carbocycles. The lowest BCUT2D eigenvalue weighted by Gasteiger charge is -2.18. The predicted octanol–water partition coefficient (Wildman–Crippen LogP) is 2.92. The Kier molecular flexibility index (Phi) is 5.81. The number of ether oxygens (including phenoxy) is 2. The van der Waals surface area contributed by atoms with Crippen LogP contribution in [0.1, 0.15) is 22.3 Å². The van der Waals surface area contributed by atoms with Crippen molar-refractivity contribution in [3.05, 3.63) is 53.3 Å². The highest BCUT2D eigenvalue weighted by atomic mass is 19.1. The zero-order valence-electron chi connectivity index (χ0n) is 16.3. The van der Waals surface area contributed by atoms with Gasteiger partial charge in [0.15, 0.2) is 0 Å². The Hall–Kier alpha value is -3.42. The summed E-state index contributed by atoms with van der Waals surface area (Å²) < 4.78 is 24.1. The largest absolute Gasteiger partial charge is 0.497 e. The number of methoxy groups -OCH3 is 2. The van der Waals surface area contributed by atoms with E-state index in [9.17, 15) is 18.8 Å². The molecule has 29 heavy (non-hydrogen) atoms. The number of carbonyl (C=O) groups excluding carboxylic acids is 3. The quantitative estimate of drug-likeness (QED) is 0.780. The average Bonchev–Trinajstić information content (AvgIpc) is 3.09. The van der Waals surface area contributed by atoms with E-state index in [1.54, 1.807) is 19.1 Å². The lowest BCUT2D eigenvalue weighted by atomic mass is 10.1. The van der Waals surface area contributed by atoms with E-state index in [0.29, 0.717) is 5.75 Å². The van der Waals surface area contributed by atoms with Crippen molar-refractivity contribution in [1.82, 2.24) is 0 Å². The van der Waals surface area contributed by atoms with Gasteiger partial charge in [-0.25, -0.2) is 9.18 Å². The molecule has 1 aliphatic rings. The smallest absolute Gasteiger partial charge is 0.340 e. The molecule has 1 atom stereocenters. The Labute approximate surface area is 167 Å². The SMILES string of the molecule is COC(=O)c1cc(OC)ccc1NC(=O)C1CC(=O)N(c2ccc(C)cc2F)C1. The second-order valence-electron chi connectivity index (χ2n) is 6.75. The first-order valence-electron chi connectivity index (χ1n) is 8.97. The molecule has 0 spiro atoms. The fraction of sp³-hybridized carbons (Fsp3) is 0.286. The van der Waals surface area contributed by atoms with E-state index in [-0.39, 0.29) is 35.8 Å². The maximum absolute atomic E-state index is 14.2. The third-order valence-corrected chi connectivity index (χ3v) is 4.78. The standard InChI is InChI=1S/C21H21FN2O5/c1-12-4-7-18(16(22)8-12)24-11-13(9-19(24)25)20(26)23-17-6-5-14(28-2)10-15(17)21(27)29-3/h4-8,10,13H,9,11H2,1-3H3,(H,23,26). The summed E-state index contributed by atoms with van der Waals surface area (Å²) in [4.78, 5) is 38.4. The van der Waals surface area contributed by atoms with E-state index in [4.69, 9.17) is 9.47 Å². The number of aryl methyl sites for hydroxylation is 1. The number of hydrogen-bond acceptors (Lipinski definition) is 5. The van der Waals surface area contributed by atoms with Crippen LogP contribution in [0.4, 0.5) is 15.8 Å². The van der Waals surface area contributed by atoms with Gasteiger partial charge in [-0.3, -0.25) is 9.59 Å². The molecular weight excluding hydrogens is 379 g/mol. The average molecular weight is 400 g/mol. The van der Waals surface area contributed by atoms with Crippen molar-refractivity contribution in [2.75, 3.05) is 31.0 Å². The first-order valence-corrected chi connectivity index (χ1v) is 8.97. The van der Waals surface area contributed by atoms with Crippen LogP contribution < -0.4 is 15.0 Å². The molecular formula is C21H21FN2O5. The number of anilines is 2. The second-order valence-corrected chi connectivity index (χ2v) is 6.75. The molecule has 0 radical (unpaired) electrons. The summed E-state index contributed by atoms with van der Waals surface area (Å²) in [5, 5.41) is 2.67. The molecule has 1 N–H and O–H groups in total. The van der Waals surface area contributed by atoms with Crippen molar-refractivity contribution in [1.29, 1.82) is 0 Å². The van der Waals surface area contributed by atoms with Crippen LogP contribution in [0.3, 0.4) is 0 Å². The highest BCUT2D eigenvalue weighted by molar-refractivity contribution is 6.06. The Morgan fingerprint density at radius 3 is 2.59 bits per heavy atom. The monoisotopic (exact) mass is 400 g/mol. The zero-order valence-corrected chi connectivity index (χ0v) is 16.3. The summed E-state index contributed by atoms with van der Waals surface area (Å²) in [7, 11) is 2.69. The van der Waals surface area contributed by atoms with Gasteiger partial charge in [0.25, 0.3) is 0 Å². The number of hydrogen-bond donors (Lipinski definition) is 1. The fourth-order valence-electron chi connectivity index (χ4n) is 3.22. The number of amides is 2. The van der Waals surface area contributed by atoms with Crippen LogP contribution in [0.5, 0.6) is 5.75 Å². The first-order chi connectivity index (χ1) is 13.8. The maximum atomic E-state index is 14.2. The van der Waals surface area contributed by atoms with Crippen LogP contribution in [0.2, 0.25) is 0 Å². The van der Waals surface area contributed by atoms with E-state index in [0.717, 1.165) is 5.56 Å². The highest BCUT2D eigenvalue weighted by Gasteiger charge is 2.36. The maximum Gasteiger partial charge on any atom is 0.340 e. The molecule has 1 aliphatic heterocycles. The predicted molar refractivity (Wildman–Crippen MR) is 105 cm³/mol. The lowest BCUT2D eigenvalue weighted by Crippen LogP contribution is -2.29. The number of nitrogens with one attached hydrogen (secondary N) is 1. The Bertz CT molecular complexity index is 976. The molecule has 2 aromatic rings. The van der Waals surface area contributed by atoms with E-state index in [1.165, 1.54) is 43.4 Å². The van der Waals surface area contributed by atoms with Gasteiger partial charge in [0.2, 0.25) is 11.8 Å². The van der Waals surface area contributed by atoms with Crippen molar-refractivity contribution in [3.63, 3.8) is 0 Å². The van der Waals surface area contributed by atoms with E-state index < -0.39 is 23.6 Å². The summed E-state index contributed by atoms with van der Waals surface area (Å²) in [5.41, 5.74) is 1.26. The highest BCUT2D eigenvalue weighted by Crippen LogP contribution is 2.30. The van der Waals surface area contributed by atoms with E-state index in [2.05, 4.69) is 5.32 Å². The summed E-state index contributed by atoms with van der Waals surface area (Å²) in [6.07, 6.45) is -0.0527. The minimum Gasteiger partial charge on any atom is -0.497 e. The third kappa shape index (κ3) is 4.21. The van der Waals surface area contributed by atoms with E-state index in [1.807, 2.05) is 0 Å². The van der Waals surface area contributed by atoms with Gasteiger partial charge in [0.1, 0.15) is 11.6 Å². The van der Waals surface area contributed by atoms with Crippen LogP contribution in [-0.2, 0) is 14.3 Å². The van der Waals surface area contributed by atoms with Crippen molar-refractivity contribution >= 4 is 29.2 Å². The minimum absolute atomic E-state index is 0.0500.